The number of allylic oxidation sites excluding steroid dienone is 1. The SMILES string of the molecule is C=CCCCCC(=O)N1CCCCCC1. The first kappa shape index (κ1) is 12.3. The largest absolute Gasteiger partial charge is 0.343 e. The summed E-state index contributed by atoms with van der Waals surface area (Å²) in [4.78, 5) is 13.9. The molecular weight excluding hydrogens is 186 g/mol. The maximum absolute atomic E-state index is 11.8. The van der Waals surface area contributed by atoms with Crippen LogP contribution in [0.25, 0.3) is 0 Å². The Balaban J connectivity index is 2.16. The summed E-state index contributed by atoms with van der Waals surface area (Å²) in [5.74, 6) is 0.362. The fourth-order valence-corrected chi connectivity index (χ4v) is 2.04. The van der Waals surface area contributed by atoms with E-state index in [0.717, 1.165) is 38.8 Å². The van der Waals surface area contributed by atoms with Gasteiger partial charge in [-0.25, -0.2) is 0 Å². The second-order valence-electron chi connectivity index (χ2n) is 4.33. The van der Waals surface area contributed by atoms with Crippen LogP contribution in [-0.4, -0.2) is 23.9 Å². The Morgan fingerprint density at radius 1 is 1.13 bits per heavy atom. The van der Waals surface area contributed by atoms with E-state index >= 15 is 0 Å². The molecule has 0 atom stereocenters. The highest BCUT2D eigenvalue weighted by molar-refractivity contribution is 5.76. The van der Waals surface area contributed by atoms with Gasteiger partial charge < -0.3 is 4.90 Å². The van der Waals surface area contributed by atoms with Crippen molar-refractivity contribution in [1.29, 1.82) is 0 Å². The van der Waals surface area contributed by atoms with Crippen molar-refractivity contribution in [1.82, 2.24) is 4.90 Å². The molecule has 0 unspecified atom stereocenters. The Morgan fingerprint density at radius 2 is 1.80 bits per heavy atom. The highest BCUT2D eigenvalue weighted by atomic mass is 16.2. The predicted molar refractivity (Wildman–Crippen MR) is 63.7 cm³/mol. The normalized spacial score (nSPS) is 17.2. The minimum absolute atomic E-state index is 0.362. The number of amides is 1. The average molecular weight is 209 g/mol. The third kappa shape index (κ3) is 5.01. The molecule has 1 rings (SSSR count). The van der Waals surface area contributed by atoms with Crippen molar-refractivity contribution in [2.75, 3.05) is 13.1 Å². The summed E-state index contributed by atoms with van der Waals surface area (Å²) in [5, 5.41) is 0. The molecule has 0 bridgehead atoms. The molecule has 1 fully saturated rings. The van der Waals surface area contributed by atoms with Gasteiger partial charge in [0.05, 0.1) is 0 Å². The highest BCUT2D eigenvalue weighted by Crippen LogP contribution is 2.12. The third-order valence-corrected chi connectivity index (χ3v) is 3.01. The zero-order valence-corrected chi connectivity index (χ0v) is 9.71. The lowest BCUT2D eigenvalue weighted by Gasteiger charge is -2.20. The average Bonchev–Trinajstić information content (AvgIpc) is 2.52. The van der Waals surface area contributed by atoms with Crippen LogP contribution in [0, 0.1) is 0 Å². The van der Waals surface area contributed by atoms with Crippen LogP contribution >= 0.6 is 0 Å². The second-order valence-corrected chi connectivity index (χ2v) is 4.33. The Hall–Kier alpha value is -0.790. The van der Waals surface area contributed by atoms with Crippen molar-refractivity contribution in [2.24, 2.45) is 0 Å². The molecule has 1 heterocycles. The fourth-order valence-electron chi connectivity index (χ4n) is 2.04. The van der Waals surface area contributed by atoms with Gasteiger partial charge >= 0.3 is 0 Å². The van der Waals surface area contributed by atoms with Gasteiger partial charge in [0.1, 0.15) is 0 Å². The number of hydrogen-bond acceptors (Lipinski definition) is 1. The quantitative estimate of drug-likeness (QED) is 0.503. The molecule has 15 heavy (non-hydrogen) atoms. The lowest BCUT2D eigenvalue weighted by Crippen LogP contribution is -2.31. The molecule has 0 aromatic carbocycles. The summed E-state index contributed by atoms with van der Waals surface area (Å²) < 4.78 is 0. The van der Waals surface area contributed by atoms with E-state index in [1.54, 1.807) is 0 Å². The van der Waals surface area contributed by atoms with Crippen LogP contribution in [0.15, 0.2) is 12.7 Å². The van der Waals surface area contributed by atoms with Crippen LogP contribution in [0.4, 0.5) is 0 Å². The summed E-state index contributed by atoms with van der Waals surface area (Å²) in [5.41, 5.74) is 0. The molecule has 86 valence electrons. The van der Waals surface area contributed by atoms with Gasteiger partial charge in [-0.15, -0.1) is 6.58 Å². The molecule has 0 aromatic rings. The van der Waals surface area contributed by atoms with Crippen molar-refractivity contribution in [2.45, 2.75) is 51.4 Å². The molecule has 0 aromatic heterocycles. The van der Waals surface area contributed by atoms with E-state index in [1.165, 1.54) is 25.7 Å². The van der Waals surface area contributed by atoms with Crippen molar-refractivity contribution in [3.8, 4) is 0 Å². The van der Waals surface area contributed by atoms with Crippen LogP contribution < -0.4 is 0 Å². The van der Waals surface area contributed by atoms with Crippen LogP contribution in [0.3, 0.4) is 0 Å². The van der Waals surface area contributed by atoms with E-state index in [1.807, 2.05) is 6.08 Å². The molecule has 1 saturated heterocycles. The second kappa shape index (κ2) is 7.49. The van der Waals surface area contributed by atoms with Crippen molar-refractivity contribution in [3.63, 3.8) is 0 Å². The number of unbranched alkanes of at least 4 members (excludes halogenated alkanes) is 2. The number of rotatable bonds is 5. The zero-order valence-electron chi connectivity index (χ0n) is 9.71. The lowest BCUT2D eigenvalue weighted by molar-refractivity contribution is -0.131. The van der Waals surface area contributed by atoms with E-state index in [4.69, 9.17) is 0 Å². The predicted octanol–water partition coefficient (Wildman–Crippen LogP) is 3.14. The minimum atomic E-state index is 0.362. The molecular formula is C13H23NO. The minimum Gasteiger partial charge on any atom is -0.343 e. The zero-order chi connectivity index (χ0) is 10.9. The van der Waals surface area contributed by atoms with Crippen LogP contribution in [-0.2, 0) is 4.79 Å². The van der Waals surface area contributed by atoms with Crippen molar-refractivity contribution >= 4 is 5.91 Å². The van der Waals surface area contributed by atoms with Crippen LogP contribution in [0.5, 0.6) is 0 Å². The molecule has 2 nitrogen and oxygen atoms in total. The van der Waals surface area contributed by atoms with E-state index in [-0.39, 0.29) is 0 Å². The van der Waals surface area contributed by atoms with Gasteiger partial charge in [0.15, 0.2) is 0 Å². The summed E-state index contributed by atoms with van der Waals surface area (Å²) in [6.07, 6.45) is 10.8. The number of hydrogen-bond donors (Lipinski definition) is 0. The third-order valence-electron chi connectivity index (χ3n) is 3.01. The van der Waals surface area contributed by atoms with Crippen LogP contribution in [0.1, 0.15) is 51.4 Å². The smallest absolute Gasteiger partial charge is 0.222 e. The Labute approximate surface area is 93.3 Å². The fraction of sp³-hybridized carbons (Fsp3) is 0.769. The topological polar surface area (TPSA) is 20.3 Å². The molecule has 2 heteroatoms. The van der Waals surface area contributed by atoms with Gasteiger partial charge in [0.25, 0.3) is 0 Å². The Kier molecular flexibility index (Phi) is 6.14. The Morgan fingerprint density at radius 3 is 2.40 bits per heavy atom. The van der Waals surface area contributed by atoms with E-state index in [0.29, 0.717) is 5.91 Å². The monoisotopic (exact) mass is 209 g/mol. The first-order valence-corrected chi connectivity index (χ1v) is 6.23. The maximum Gasteiger partial charge on any atom is 0.222 e. The van der Waals surface area contributed by atoms with Gasteiger partial charge in [-0.05, 0) is 32.1 Å². The molecule has 1 aliphatic rings. The van der Waals surface area contributed by atoms with Crippen molar-refractivity contribution in [3.05, 3.63) is 12.7 Å². The van der Waals surface area contributed by atoms with E-state index in [9.17, 15) is 4.79 Å². The molecule has 0 N–H and O–H groups in total. The summed E-state index contributed by atoms with van der Waals surface area (Å²) in [6.45, 7) is 5.66. The molecule has 1 amide bonds. The lowest BCUT2D eigenvalue weighted by atomic mass is 10.2. The van der Waals surface area contributed by atoms with Gasteiger partial charge in [0.2, 0.25) is 5.91 Å². The number of carbonyl (C=O) groups excluding carboxylic acids is 1. The number of likely N-dealkylation sites (tertiary alicyclic amines) is 1. The summed E-state index contributed by atoms with van der Waals surface area (Å²) in [6, 6.07) is 0. The highest BCUT2D eigenvalue weighted by Gasteiger charge is 2.14. The van der Waals surface area contributed by atoms with E-state index < -0.39 is 0 Å². The number of nitrogens with zero attached hydrogens (tertiary/aromatic N) is 1. The van der Waals surface area contributed by atoms with Crippen LogP contribution in [0.2, 0.25) is 0 Å². The first-order valence-electron chi connectivity index (χ1n) is 6.23. The maximum atomic E-state index is 11.8. The van der Waals surface area contributed by atoms with Gasteiger partial charge in [0, 0.05) is 19.5 Å². The van der Waals surface area contributed by atoms with Gasteiger partial charge in [-0.2, -0.15) is 0 Å². The molecule has 1 aliphatic heterocycles. The molecule has 0 saturated carbocycles. The van der Waals surface area contributed by atoms with Crippen molar-refractivity contribution < 1.29 is 4.79 Å². The number of carbonyl (C=O) groups is 1. The Bertz CT molecular complexity index is 193. The molecule has 0 aliphatic carbocycles. The summed E-state index contributed by atoms with van der Waals surface area (Å²) in [7, 11) is 0. The van der Waals surface area contributed by atoms with Gasteiger partial charge in [-0.3, -0.25) is 4.79 Å². The summed E-state index contributed by atoms with van der Waals surface area (Å²) >= 11 is 0. The van der Waals surface area contributed by atoms with Gasteiger partial charge in [-0.1, -0.05) is 18.9 Å². The molecule has 0 radical (unpaired) electrons. The standard InChI is InChI=1S/C13H23NO/c1-2-3-4-7-10-13(15)14-11-8-5-6-9-12-14/h2H,1,3-12H2. The molecule has 0 spiro atoms. The van der Waals surface area contributed by atoms with E-state index in [2.05, 4.69) is 11.5 Å². The first-order chi connectivity index (χ1) is 7.34.